The molecule has 19 heavy (non-hydrogen) atoms. The fraction of sp³-hybridized carbons (Fsp3) is 0.600. The van der Waals surface area contributed by atoms with E-state index < -0.39 is 0 Å². The highest BCUT2D eigenvalue weighted by molar-refractivity contribution is 7.98. The number of thioether (sulfide) groups is 1. The normalized spacial score (nSPS) is 22.7. The molecule has 1 aliphatic carbocycles. The van der Waals surface area contributed by atoms with Crippen molar-refractivity contribution < 1.29 is 9.84 Å². The predicted octanol–water partition coefficient (Wildman–Crippen LogP) is 2.67. The van der Waals surface area contributed by atoms with Gasteiger partial charge in [0.15, 0.2) is 0 Å². The largest absolute Gasteiger partial charge is 0.496 e. The molecule has 0 radical (unpaired) electrons. The maximum absolute atomic E-state index is 9.77. The van der Waals surface area contributed by atoms with Gasteiger partial charge in [0.1, 0.15) is 5.75 Å². The van der Waals surface area contributed by atoms with Crippen LogP contribution in [0.25, 0.3) is 0 Å². The second-order valence-corrected chi connectivity index (χ2v) is 5.93. The van der Waals surface area contributed by atoms with Gasteiger partial charge in [-0.05, 0) is 42.7 Å². The van der Waals surface area contributed by atoms with Crippen LogP contribution in [0.2, 0.25) is 0 Å². The predicted molar refractivity (Wildman–Crippen MR) is 79.8 cm³/mol. The molecule has 2 N–H and O–H groups in total. The summed E-state index contributed by atoms with van der Waals surface area (Å²) < 4.78 is 5.39. The smallest absolute Gasteiger partial charge is 0.132 e. The lowest BCUT2D eigenvalue weighted by molar-refractivity contribution is 0.131. The third-order valence-electron chi connectivity index (χ3n) is 3.80. The maximum Gasteiger partial charge on any atom is 0.132 e. The zero-order valence-corrected chi connectivity index (χ0v) is 12.5. The van der Waals surface area contributed by atoms with E-state index in [0.29, 0.717) is 5.92 Å². The Kier molecular flexibility index (Phi) is 5.55. The standard InChI is InChI=1S/C15H23NO2S/c1-18-14-8-11(6-7-15(14)19-2)9-16-10-12-4-3-5-13(12)17/h6-8,12-13,16-17H,3-5,9-10H2,1-2H3. The van der Waals surface area contributed by atoms with E-state index in [2.05, 4.69) is 29.8 Å². The summed E-state index contributed by atoms with van der Waals surface area (Å²) in [5.41, 5.74) is 1.22. The van der Waals surface area contributed by atoms with Crippen LogP contribution in [0.4, 0.5) is 0 Å². The molecule has 3 nitrogen and oxygen atoms in total. The van der Waals surface area contributed by atoms with Crippen LogP contribution < -0.4 is 10.1 Å². The van der Waals surface area contributed by atoms with E-state index in [0.717, 1.165) is 43.0 Å². The van der Waals surface area contributed by atoms with E-state index in [1.54, 1.807) is 18.9 Å². The lowest BCUT2D eigenvalue weighted by Gasteiger charge is -2.15. The summed E-state index contributed by atoms with van der Waals surface area (Å²) in [5, 5.41) is 13.2. The van der Waals surface area contributed by atoms with Crippen molar-refractivity contribution in [2.45, 2.75) is 36.8 Å². The van der Waals surface area contributed by atoms with Crippen molar-refractivity contribution in [3.8, 4) is 5.75 Å². The SMILES string of the molecule is COc1cc(CNCC2CCCC2O)ccc1SC. The maximum atomic E-state index is 9.77. The summed E-state index contributed by atoms with van der Waals surface area (Å²) in [6.07, 6.45) is 5.20. The number of aliphatic hydroxyl groups is 1. The fourth-order valence-corrected chi connectivity index (χ4v) is 3.20. The Bertz CT molecular complexity index is 411. The Morgan fingerprint density at radius 1 is 1.42 bits per heavy atom. The van der Waals surface area contributed by atoms with Gasteiger partial charge in [-0.3, -0.25) is 0 Å². The molecule has 0 aromatic heterocycles. The Hall–Kier alpha value is -0.710. The van der Waals surface area contributed by atoms with E-state index in [-0.39, 0.29) is 6.10 Å². The summed E-state index contributed by atoms with van der Waals surface area (Å²) >= 11 is 1.69. The van der Waals surface area contributed by atoms with E-state index in [9.17, 15) is 5.11 Å². The van der Waals surface area contributed by atoms with E-state index >= 15 is 0 Å². The van der Waals surface area contributed by atoms with Crippen molar-refractivity contribution >= 4 is 11.8 Å². The van der Waals surface area contributed by atoms with Gasteiger partial charge in [-0.2, -0.15) is 0 Å². The molecule has 1 aliphatic rings. The molecule has 0 spiro atoms. The van der Waals surface area contributed by atoms with Gasteiger partial charge in [0, 0.05) is 18.0 Å². The van der Waals surface area contributed by atoms with Crippen LogP contribution in [-0.2, 0) is 6.54 Å². The zero-order valence-electron chi connectivity index (χ0n) is 11.7. The fourth-order valence-electron chi connectivity index (χ4n) is 2.65. The highest BCUT2D eigenvalue weighted by atomic mass is 32.2. The topological polar surface area (TPSA) is 41.5 Å². The number of methoxy groups -OCH3 is 1. The zero-order chi connectivity index (χ0) is 13.7. The Morgan fingerprint density at radius 2 is 2.26 bits per heavy atom. The second-order valence-electron chi connectivity index (χ2n) is 5.08. The van der Waals surface area contributed by atoms with Gasteiger partial charge in [-0.15, -0.1) is 11.8 Å². The van der Waals surface area contributed by atoms with Crippen molar-refractivity contribution in [2.24, 2.45) is 5.92 Å². The molecule has 1 aromatic carbocycles. The highest BCUT2D eigenvalue weighted by Crippen LogP contribution is 2.28. The molecule has 2 unspecified atom stereocenters. The minimum absolute atomic E-state index is 0.110. The van der Waals surface area contributed by atoms with Crippen LogP contribution in [0.5, 0.6) is 5.75 Å². The highest BCUT2D eigenvalue weighted by Gasteiger charge is 2.24. The number of aliphatic hydroxyl groups excluding tert-OH is 1. The summed E-state index contributed by atoms with van der Waals surface area (Å²) in [4.78, 5) is 1.16. The molecule has 4 heteroatoms. The van der Waals surface area contributed by atoms with Crippen LogP contribution in [0, 0.1) is 5.92 Å². The number of hydrogen-bond acceptors (Lipinski definition) is 4. The number of nitrogens with one attached hydrogen (secondary N) is 1. The van der Waals surface area contributed by atoms with Gasteiger partial charge in [0.25, 0.3) is 0 Å². The minimum atomic E-state index is -0.110. The molecule has 0 bridgehead atoms. The van der Waals surface area contributed by atoms with Crippen LogP contribution in [-0.4, -0.2) is 31.1 Å². The number of benzene rings is 1. The number of hydrogen-bond donors (Lipinski definition) is 2. The molecule has 0 aliphatic heterocycles. The Morgan fingerprint density at radius 3 is 2.89 bits per heavy atom. The average Bonchev–Trinajstić information content (AvgIpc) is 2.84. The number of ether oxygens (including phenoxy) is 1. The lowest BCUT2D eigenvalue weighted by Crippen LogP contribution is -2.27. The average molecular weight is 281 g/mol. The summed E-state index contributed by atoms with van der Waals surface area (Å²) in [5.74, 6) is 1.36. The molecule has 1 aromatic rings. The Balaban J connectivity index is 1.85. The third kappa shape index (κ3) is 3.88. The van der Waals surface area contributed by atoms with Crippen molar-refractivity contribution in [1.82, 2.24) is 5.32 Å². The van der Waals surface area contributed by atoms with Crippen molar-refractivity contribution in [2.75, 3.05) is 19.9 Å². The molecular formula is C15H23NO2S. The van der Waals surface area contributed by atoms with Gasteiger partial charge >= 0.3 is 0 Å². The van der Waals surface area contributed by atoms with E-state index in [1.807, 2.05) is 0 Å². The Labute approximate surface area is 119 Å². The van der Waals surface area contributed by atoms with Crippen molar-refractivity contribution in [1.29, 1.82) is 0 Å². The van der Waals surface area contributed by atoms with Crippen LogP contribution in [0.3, 0.4) is 0 Å². The monoisotopic (exact) mass is 281 g/mol. The summed E-state index contributed by atoms with van der Waals surface area (Å²) in [6, 6.07) is 6.32. The molecular weight excluding hydrogens is 258 g/mol. The van der Waals surface area contributed by atoms with Crippen LogP contribution >= 0.6 is 11.8 Å². The molecule has 0 amide bonds. The molecule has 2 atom stereocenters. The summed E-state index contributed by atoms with van der Waals surface area (Å²) in [7, 11) is 1.71. The molecule has 106 valence electrons. The van der Waals surface area contributed by atoms with E-state index in [1.165, 1.54) is 5.56 Å². The number of rotatable bonds is 6. The van der Waals surface area contributed by atoms with Gasteiger partial charge in [0.05, 0.1) is 13.2 Å². The second kappa shape index (κ2) is 7.17. The molecule has 1 saturated carbocycles. The quantitative estimate of drug-likeness (QED) is 0.787. The molecule has 1 fully saturated rings. The van der Waals surface area contributed by atoms with Crippen molar-refractivity contribution in [3.63, 3.8) is 0 Å². The van der Waals surface area contributed by atoms with Gasteiger partial charge in [0.2, 0.25) is 0 Å². The van der Waals surface area contributed by atoms with Gasteiger partial charge in [-0.1, -0.05) is 12.5 Å². The van der Waals surface area contributed by atoms with Crippen molar-refractivity contribution in [3.05, 3.63) is 23.8 Å². The third-order valence-corrected chi connectivity index (χ3v) is 4.58. The summed E-state index contributed by atoms with van der Waals surface area (Å²) in [6.45, 7) is 1.72. The molecule has 2 rings (SSSR count). The first kappa shape index (κ1) is 14.7. The first-order valence-electron chi connectivity index (χ1n) is 6.84. The molecule has 0 heterocycles. The van der Waals surface area contributed by atoms with Gasteiger partial charge in [-0.25, -0.2) is 0 Å². The van der Waals surface area contributed by atoms with Gasteiger partial charge < -0.3 is 15.2 Å². The first-order chi connectivity index (χ1) is 9.24. The van der Waals surface area contributed by atoms with E-state index in [4.69, 9.17) is 4.74 Å². The van der Waals surface area contributed by atoms with Crippen LogP contribution in [0.15, 0.2) is 23.1 Å². The first-order valence-corrected chi connectivity index (χ1v) is 8.06. The lowest BCUT2D eigenvalue weighted by atomic mass is 10.1. The minimum Gasteiger partial charge on any atom is -0.496 e. The molecule has 0 saturated heterocycles. The van der Waals surface area contributed by atoms with Crippen LogP contribution in [0.1, 0.15) is 24.8 Å².